The van der Waals surface area contributed by atoms with Crippen LogP contribution in [0.25, 0.3) is 0 Å². The van der Waals surface area contributed by atoms with Crippen LogP contribution in [0.3, 0.4) is 0 Å². The second-order valence-electron chi connectivity index (χ2n) is 3.81. The van der Waals surface area contributed by atoms with Crippen LogP contribution in [0.15, 0.2) is 29.4 Å². The van der Waals surface area contributed by atoms with Crippen molar-refractivity contribution >= 4 is 40.1 Å². The third-order valence-electron chi connectivity index (χ3n) is 2.55. The number of hydrogen-bond donors (Lipinski definition) is 0. The Bertz CT molecular complexity index is 565. The van der Waals surface area contributed by atoms with E-state index in [1.165, 1.54) is 11.8 Å². The van der Waals surface area contributed by atoms with Gasteiger partial charge in [0.15, 0.2) is 10.9 Å². The van der Waals surface area contributed by atoms with Gasteiger partial charge < -0.3 is 4.57 Å². The smallest absolute Gasteiger partial charge is 0.191 e. The number of thioether (sulfide) groups is 1. The van der Waals surface area contributed by atoms with Gasteiger partial charge in [0.2, 0.25) is 0 Å². The van der Waals surface area contributed by atoms with Crippen molar-refractivity contribution in [2.45, 2.75) is 12.1 Å². The maximum Gasteiger partial charge on any atom is 0.191 e. The van der Waals surface area contributed by atoms with E-state index in [0.29, 0.717) is 5.75 Å². The summed E-state index contributed by atoms with van der Waals surface area (Å²) in [5.74, 6) is 1.34. The molecule has 0 aliphatic heterocycles. The number of nitrogens with zero attached hydrogens (tertiary/aromatic N) is 3. The molecule has 0 spiro atoms. The van der Waals surface area contributed by atoms with Gasteiger partial charge in [-0.3, -0.25) is 4.79 Å². The highest BCUT2D eigenvalue weighted by Crippen LogP contribution is 2.17. The summed E-state index contributed by atoms with van der Waals surface area (Å²) in [7, 11) is 1.90. The number of hydrogen-bond acceptors (Lipinski definition) is 4. The van der Waals surface area contributed by atoms with Crippen LogP contribution in [0.1, 0.15) is 16.2 Å². The SMILES string of the molecule is Cc1nnc(SCC(=O)c2ccc(I)cc2)n1C. The van der Waals surface area contributed by atoms with E-state index in [-0.39, 0.29) is 5.78 Å². The molecule has 0 aliphatic rings. The highest BCUT2D eigenvalue weighted by atomic mass is 127. The van der Waals surface area contributed by atoms with Gasteiger partial charge in [0.05, 0.1) is 5.75 Å². The van der Waals surface area contributed by atoms with Crippen LogP contribution in [0.5, 0.6) is 0 Å². The first kappa shape index (κ1) is 13.5. The summed E-state index contributed by atoms with van der Waals surface area (Å²) in [5, 5.41) is 8.75. The first-order valence-corrected chi connectivity index (χ1v) is 7.42. The van der Waals surface area contributed by atoms with E-state index in [0.717, 1.165) is 20.1 Å². The topological polar surface area (TPSA) is 47.8 Å². The molecule has 6 heteroatoms. The molecule has 2 aromatic rings. The first-order valence-electron chi connectivity index (χ1n) is 5.35. The van der Waals surface area contributed by atoms with Gasteiger partial charge in [-0.25, -0.2) is 0 Å². The lowest BCUT2D eigenvalue weighted by atomic mass is 10.2. The van der Waals surface area contributed by atoms with Gasteiger partial charge in [0.1, 0.15) is 5.82 Å². The summed E-state index contributed by atoms with van der Waals surface area (Å²) in [6.45, 7) is 1.89. The van der Waals surface area contributed by atoms with Gasteiger partial charge in [-0.2, -0.15) is 0 Å². The van der Waals surface area contributed by atoms with E-state index in [1.54, 1.807) is 0 Å². The Hall–Kier alpha value is -0.890. The van der Waals surface area contributed by atoms with Crippen LogP contribution in [-0.4, -0.2) is 26.3 Å². The Morgan fingerprint density at radius 2 is 2.00 bits per heavy atom. The van der Waals surface area contributed by atoms with Gasteiger partial charge >= 0.3 is 0 Å². The molecule has 0 radical (unpaired) electrons. The summed E-state index contributed by atoms with van der Waals surface area (Å²) >= 11 is 3.63. The summed E-state index contributed by atoms with van der Waals surface area (Å²) < 4.78 is 3.01. The van der Waals surface area contributed by atoms with Crippen molar-refractivity contribution in [2.75, 3.05) is 5.75 Å². The van der Waals surface area contributed by atoms with Crippen LogP contribution in [0.2, 0.25) is 0 Å². The molecular formula is C12H12IN3OS. The van der Waals surface area contributed by atoms with Crippen LogP contribution in [-0.2, 0) is 7.05 Å². The minimum Gasteiger partial charge on any atom is -0.309 e. The van der Waals surface area contributed by atoms with Crippen molar-refractivity contribution in [3.05, 3.63) is 39.2 Å². The monoisotopic (exact) mass is 373 g/mol. The fraction of sp³-hybridized carbons (Fsp3) is 0.250. The van der Waals surface area contributed by atoms with Gasteiger partial charge in [-0.15, -0.1) is 10.2 Å². The molecule has 1 aromatic carbocycles. The molecule has 1 aromatic heterocycles. The molecule has 0 saturated carbocycles. The van der Waals surface area contributed by atoms with E-state index in [4.69, 9.17) is 0 Å². The quantitative estimate of drug-likeness (QED) is 0.470. The van der Waals surface area contributed by atoms with Gasteiger partial charge in [0, 0.05) is 16.2 Å². The molecule has 0 aliphatic carbocycles. The Labute approximate surface area is 123 Å². The highest BCUT2D eigenvalue weighted by Gasteiger charge is 2.10. The number of aryl methyl sites for hydroxylation is 1. The number of ketones is 1. The molecule has 0 fully saturated rings. The van der Waals surface area contributed by atoms with E-state index in [1.807, 2.05) is 42.8 Å². The Balaban J connectivity index is 2.00. The number of carbonyl (C=O) groups excluding carboxylic acids is 1. The van der Waals surface area contributed by atoms with Gasteiger partial charge in [-0.1, -0.05) is 23.9 Å². The third kappa shape index (κ3) is 3.11. The molecule has 0 atom stereocenters. The second-order valence-corrected chi connectivity index (χ2v) is 6.00. The fourth-order valence-corrected chi connectivity index (χ4v) is 2.57. The standard InChI is InChI=1S/C12H12IN3OS/c1-8-14-15-12(16(8)2)18-7-11(17)9-3-5-10(13)6-4-9/h3-6H,7H2,1-2H3. The molecular weight excluding hydrogens is 361 g/mol. The Morgan fingerprint density at radius 1 is 1.33 bits per heavy atom. The third-order valence-corrected chi connectivity index (χ3v) is 4.29. The average molecular weight is 373 g/mol. The Kier molecular flexibility index (Phi) is 4.39. The zero-order valence-corrected chi connectivity index (χ0v) is 13.0. The van der Waals surface area contributed by atoms with E-state index in [2.05, 4.69) is 32.8 Å². The average Bonchev–Trinajstić information content (AvgIpc) is 2.68. The maximum atomic E-state index is 12.0. The van der Waals surface area contributed by atoms with E-state index < -0.39 is 0 Å². The summed E-state index contributed by atoms with van der Waals surface area (Å²) in [4.78, 5) is 12.0. The van der Waals surface area contributed by atoms with Crippen LogP contribution < -0.4 is 0 Å². The van der Waals surface area contributed by atoms with E-state index in [9.17, 15) is 4.79 Å². The minimum atomic E-state index is 0.108. The molecule has 94 valence electrons. The van der Waals surface area contributed by atoms with Crippen LogP contribution in [0, 0.1) is 10.5 Å². The van der Waals surface area contributed by atoms with Crippen LogP contribution in [0.4, 0.5) is 0 Å². The predicted octanol–water partition coefficient (Wildman–Crippen LogP) is 2.70. The molecule has 1 heterocycles. The van der Waals surface area contributed by atoms with E-state index >= 15 is 0 Å². The van der Waals surface area contributed by atoms with Crippen molar-refractivity contribution in [2.24, 2.45) is 7.05 Å². The molecule has 0 N–H and O–H groups in total. The number of halogens is 1. The predicted molar refractivity (Wildman–Crippen MR) is 80.0 cm³/mol. The van der Waals surface area contributed by atoms with Crippen molar-refractivity contribution < 1.29 is 4.79 Å². The number of Topliss-reactive ketones (excluding diaryl/α,β-unsaturated/α-hetero) is 1. The molecule has 0 bridgehead atoms. The molecule has 0 unspecified atom stereocenters. The zero-order valence-electron chi connectivity index (χ0n) is 10.1. The molecule has 0 amide bonds. The number of rotatable bonds is 4. The fourth-order valence-electron chi connectivity index (χ4n) is 1.36. The first-order chi connectivity index (χ1) is 8.58. The summed E-state index contributed by atoms with van der Waals surface area (Å²) in [6, 6.07) is 7.58. The van der Waals surface area contributed by atoms with Gasteiger partial charge in [0.25, 0.3) is 0 Å². The lowest BCUT2D eigenvalue weighted by Gasteiger charge is -2.02. The normalized spacial score (nSPS) is 10.6. The lowest BCUT2D eigenvalue weighted by Crippen LogP contribution is -2.03. The highest BCUT2D eigenvalue weighted by molar-refractivity contribution is 14.1. The maximum absolute atomic E-state index is 12.0. The summed E-state index contributed by atoms with van der Waals surface area (Å²) in [6.07, 6.45) is 0. The lowest BCUT2D eigenvalue weighted by molar-refractivity contribution is 0.102. The summed E-state index contributed by atoms with van der Waals surface area (Å²) in [5.41, 5.74) is 0.738. The van der Waals surface area contributed by atoms with Gasteiger partial charge in [-0.05, 0) is 41.6 Å². The van der Waals surface area contributed by atoms with Crippen LogP contribution >= 0.6 is 34.4 Å². The van der Waals surface area contributed by atoms with Crippen molar-refractivity contribution in [3.63, 3.8) is 0 Å². The largest absolute Gasteiger partial charge is 0.309 e. The minimum absolute atomic E-state index is 0.108. The zero-order chi connectivity index (χ0) is 13.1. The second kappa shape index (κ2) is 5.83. The number of carbonyl (C=O) groups is 1. The number of benzene rings is 1. The molecule has 0 saturated heterocycles. The Morgan fingerprint density at radius 3 is 2.56 bits per heavy atom. The molecule has 4 nitrogen and oxygen atoms in total. The van der Waals surface area contributed by atoms with Crippen molar-refractivity contribution in [1.82, 2.24) is 14.8 Å². The molecule has 2 rings (SSSR count). The number of aromatic nitrogens is 3. The van der Waals surface area contributed by atoms with Crippen molar-refractivity contribution in [1.29, 1.82) is 0 Å². The molecule has 18 heavy (non-hydrogen) atoms. The van der Waals surface area contributed by atoms with Crippen molar-refractivity contribution in [3.8, 4) is 0 Å².